The van der Waals surface area contributed by atoms with E-state index in [4.69, 9.17) is 5.11 Å². The molecule has 0 saturated heterocycles. The largest absolute Gasteiger partial charge is 0.481 e. The number of hydrogen-bond acceptors (Lipinski definition) is 3. The van der Waals surface area contributed by atoms with Gasteiger partial charge in [0.25, 0.3) is 5.69 Å². The molecule has 0 unspecified atom stereocenters. The number of hydrogen-bond donors (Lipinski definition) is 1. The highest BCUT2D eigenvalue weighted by Crippen LogP contribution is 2.26. The second kappa shape index (κ2) is 4.74. The van der Waals surface area contributed by atoms with E-state index < -0.39 is 16.8 Å². The Kier molecular flexibility index (Phi) is 3.60. The summed E-state index contributed by atoms with van der Waals surface area (Å²) >= 11 is 0. The van der Waals surface area contributed by atoms with Gasteiger partial charge in [-0.05, 0) is 11.5 Å². The minimum atomic E-state index is -0.913. The summed E-state index contributed by atoms with van der Waals surface area (Å²) in [6.07, 6.45) is 0. The van der Waals surface area contributed by atoms with Gasteiger partial charge in [-0.1, -0.05) is 26.0 Å². The predicted octanol–water partition coefficient (Wildman–Crippen LogP) is 2.42. The zero-order valence-electron chi connectivity index (χ0n) is 9.08. The summed E-state index contributed by atoms with van der Waals surface area (Å²) in [7, 11) is 0. The summed E-state index contributed by atoms with van der Waals surface area (Å²) in [5.41, 5.74) is 0.560. The van der Waals surface area contributed by atoms with Crippen molar-refractivity contribution in [3.8, 4) is 0 Å². The van der Waals surface area contributed by atoms with Crippen LogP contribution in [0.25, 0.3) is 0 Å². The Bertz CT molecular complexity index is 397. The van der Waals surface area contributed by atoms with Crippen molar-refractivity contribution in [1.29, 1.82) is 0 Å². The molecule has 0 spiro atoms. The highest BCUT2D eigenvalue weighted by Gasteiger charge is 2.23. The number of aliphatic carboxylic acids is 1. The molecule has 16 heavy (non-hydrogen) atoms. The fourth-order valence-corrected chi connectivity index (χ4v) is 1.62. The van der Waals surface area contributed by atoms with E-state index in [0.717, 1.165) is 0 Å². The van der Waals surface area contributed by atoms with Gasteiger partial charge >= 0.3 is 5.97 Å². The van der Waals surface area contributed by atoms with Gasteiger partial charge < -0.3 is 5.11 Å². The maximum Gasteiger partial charge on any atom is 0.311 e. The van der Waals surface area contributed by atoms with Gasteiger partial charge in [-0.2, -0.15) is 0 Å². The van der Waals surface area contributed by atoms with E-state index in [1.165, 1.54) is 24.3 Å². The van der Waals surface area contributed by atoms with Crippen LogP contribution < -0.4 is 0 Å². The number of nitro groups is 1. The third kappa shape index (κ3) is 2.56. The van der Waals surface area contributed by atoms with E-state index in [9.17, 15) is 14.9 Å². The quantitative estimate of drug-likeness (QED) is 0.627. The summed E-state index contributed by atoms with van der Waals surface area (Å²) in [5, 5.41) is 19.5. The van der Waals surface area contributed by atoms with Gasteiger partial charge in [0.1, 0.15) is 0 Å². The third-order valence-electron chi connectivity index (χ3n) is 2.40. The van der Waals surface area contributed by atoms with Crippen LogP contribution in [0.3, 0.4) is 0 Å². The van der Waals surface area contributed by atoms with Crippen molar-refractivity contribution < 1.29 is 14.8 Å². The molecule has 1 N–H and O–H groups in total. The van der Waals surface area contributed by atoms with Crippen molar-refractivity contribution in [1.82, 2.24) is 0 Å². The SMILES string of the molecule is CC(C)[C@H](C(=O)O)c1ccc([N+](=O)[O-])cc1. The lowest BCUT2D eigenvalue weighted by Crippen LogP contribution is -2.17. The Morgan fingerprint density at radius 1 is 1.31 bits per heavy atom. The zero-order chi connectivity index (χ0) is 12.3. The molecule has 1 atom stereocenters. The van der Waals surface area contributed by atoms with Crippen molar-refractivity contribution in [2.24, 2.45) is 5.92 Å². The lowest BCUT2D eigenvalue weighted by Gasteiger charge is -2.16. The number of carboxylic acids is 1. The number of nitrogens with zero attached hydrogens (tertiary/aromatic N) is 1. The van der Waals surface area contributed by atoms with Crippen LogP contribution in [0.15, 0.2) is 24.3 Å². The molecule has 5 heteroatoms. The Labute approximate surface area is 92.9 Å². The van der Waals surface area contributed by atoms with Gasteiger partial charge in [0.15, 0.2) is 0 Å². The van der Waals surface area contributed by atoms with E-state index >= 15 is 0 Å². The molecule has 0 aliphatic carbocycles. The number of benzene rings is 1. The van der Waals surface area contributed by atoms with Gasteiger partial charge in [0, 0.05) is 12.1 Å². The highest BCUT2D eigenvalue weighted by atomic mass is 16.6. The van der Waals surface area contributed by atoms with Crippen LogP contribution in [0, 0.1) is 16.0 Å². The summed E-state index contributed by atoms with van der Waals surface area (Å²) in [6, 6.07) is 5.65. The molecule has 5 nitrogen and oxygen atoms in total. The molecular weight excluding hydrogens is 210 g/mol. The van der Waals surface area contributed by atoms with Crippen LogP contribution in [-0.2, 0) is 4.79 Å². The lowest BCUT2D eigenvalue weighted by atomic mass is 9.88. The van der Waals surface area contributed by atoms with Crippen LogP contribution in [0.5, 0.6) is 0 Å². The van der Waals surface area contributed by atoms with E-state index in [1.807, 2.05) is 0 Å². The summed E-state index contributed by atoms with van der Waals surface area (Å²) in [4.78, 5) is 21.0. The first kappa shape index (κ1) is 12.2. The first-order valence-corrected chi connectivity index (χ1v) is 4.90. The van der Waals surface area contributed by atoms with Crippen LogP contribution in [0.1, 0.15) is 25.3 Å². The molecule has 1 aromatic rings. The molecular formula is C11H13NO4. The molecule has 0 heterocycles. The Morgan fingerprint density at radius 2 is 1.81 bits per heavy atom. The van der Waals surface area contributed by atoms with Crippen LogP contribution in [-0.4, -0.2) is 16.0 Å². The van der Waals surface area contributed by atoms with Crippen LogP contribution in [0.2, 0.25) is 0 Å². The average Bonchev–Trinajstić information content (AvgIpc) is 2.17. The maximum absolute atomic E-state index is 11.0. The minimum Gasteiger partial charge on any atom is -0.481 e. The molecule has 0 fully saturated rings. The summed E-state index contributed by atoms with van der Waals surface area (Å²) < 4.78 is 0. The summed E-state index contributed by atoms with van der Waals surface area (Å²) in [6.45, 7) is 3.61. The van der Waals surface area contributed by atoms with Crippen molar-refractivity contribution in [2.75, 3.05) is 0 Å². The number of rotatable bonds is 4. The molecule has 0 amide bonds. The highest BCUT2D eigenvalue weighted by molar-refractivity contribution is 5.76. The first-order chi connectivity index (χ1) is 7.43. The van der Waals surface area contributed by atoms with E-state index in [-0.39, 0.29) is 11.6 Å². The Hall–Kier alpha value is -1.91. The third-order valence-corrected chi connectivity index (χ3v) is 2.40. The number of nitro benzene ring substituents is 1. The van der Waals surface area contributed by atoms with Gasteiger partial charge in [0.2, 0.25) is 0 Å². The molecule has 0 aliphatic heterocycles. The van der Waals surface area contributed by atoms with Gasteiger partial charge in [-0.3, -0.25) is 14.9 Å². The number of carbonyl (C=O) groups is 1. The summed E-state index contributed by atoms with van der Waals surface area (Å²) in [5.74, 6) is -1.59. The zero-order valence-corrected chi connectivity index (χ0v) is 9.08. The van der Waals surface area contributed by atoms with Gasteiger partial charge in [-0.15, -0.1) is 0 Å². The number of carboxylic acid groups (broad SMARTS) is 1. The Morgan fingerprint density at radius 3 is 2.12 bits per heavy atom. The van der Waals surface area contributed by atoms with Crippen molar-refractivity contribution in [3.05, 3.63) is 39.9 Å². The molecule has 86 valence electrons. The monoisotopic (exact) mass is 223 g/mol. The normalized spacial score (nSPS) is 12.4. The lowest BCUT2D eigenvalue weighted by molar-refractivity contribution is -0.384. The van der Waals surface area contributed by atoms with Crippen molar-refractivity contribution in [3.63, 3.8) is 0 Å². The topological polar surface area (TPSA) is 80.4 Å². The second-order valence-corrected chi connectivity index (χ2v) is 3.91. The van der Waals surface area contributed by atoms with E-state index in [1.54, 1.807) is 13.8 Å². The fourth-order valence-electron chi connectivity index (χ4n) is 1.62. The average molecular weight is 223 g/mol. The Balaban J connectivity index is 3.03. The smallest absolute Gasteiger partial charge is 0.311 e. The fraction of sp³-hybridized carbons (Fsp3) is 0.364. The van der Waals surface area contributed by atoms with Gasteiger partial charge in [0.05, 0.1) is 10.8 Å². The minimum absolute atomic E-state index is 0.0309. The first-order valence-electron chi connectivity index (χ1n) is 4.90. The van der Waals surface area contributed by atoms with E-state index in [2.05, 4.69) is 0 Å². The van der Waals surface area contributed by atoms with Crippen LogP contribution in [0.4, 0.5) is 5.69 Å². The van der Waals surface area contributed by atoms with Crippen molar-refractivity contribution >= 4 is 11.7 Å². The molecule has 0 radical (unpaired) electrons. The second-order valence-electron chi connectivity index (χ2n) is 3.91. The molecule has 0 aromatic heterocycles. The number of non-ortho nitro benzene ring substituents is 1. The van der Waals surface area contributed by atoms with Crippen LogP contribution >= 0.6 is 0 Å². The van der Waals surface area contributed by atoms with E-state index in [0.29, 0.717) is 5.56 Å². The molecule has 1 rings (SSSR count). The van der Waals surface area contributed by atoms with Crippen molar-refractivity contribution in [2.45, 2.75) is 19.8 Å². The predicted molar refractivity (Wildman–Crippen MR) is 58.3 cm³/mol. The van der Waals surface area contributed by atoms with Gasteiger partial charge in [-0.25, -0.2) is 0 Å². The standard InChI is InChI=1S/C11H13NO4/c1-7(2)10(11(13)14)8-3-5-9(6-4-8)12(15)16/h3-7,10H,1-2H3,(H,13,14)/t10-/m0/s1. The molecule has 0 saturated carbocycles. The molecule has 1 aromatic carbocycles. The molecule has 0 bridgehead atoms. The maximum atomic E-state index is 11.0. The molecule has 0 aliphatic rings.